The first-order chi connectivity index (χ1) is 13.2. The van der Waals surface area contributed by atoms with E-state index in [1.54, 1.807) is 6.19 Å². The molecule has 28 heavy (non-hydrogen) atoms. The Morgan fingerprint density at radius 2 is 2.11 bits per heavy atom. The Bertz CT molecular complexity index is 783. The normalized spacial score (nSPS) is 19.6. The van der Waals surface area contributed by atoms with Crippen molar-refractivity contribution < 1.29 is 19.2 Å². The van der Waals surface area contributed by atoms with Crippen molar-refractivity contribution in [2.75, 3.05) is 13.6 Å². The lowest BCUT2D eigenvalue weighted by atomic mass is 10.1. The monoisotopic (exact) mass is 424 g/mol. The highest BCUT2D eigenvalue weighted by Gasteiger charge is 2.39. The topological polar surface area (TPSA) is 117 Å². The van der Waals surface area contributed by atoms with Gasteiger partial charge >= 0.3 is 6.09 Å². The molecule has 2 amide bonds. The van der Waals surface area contributed by atoms with Crippen molar-refractivity contribution >= 4 is 42.9 Å². The number of nitriles is 1. The number of carbonyl (C=O) groups excluding carboxylic acids is 2. The van der Waals surface area contributed by atoms with Crippen LogP contribution in [0.2, 0.25) is 0 Å². The largest absolute Gasteiger partial charge is 0.445 e. The van der Waals surface area contributed by atoms with E-state index < -0.39 is 16.3 Å². The van der Waals surface area contributed by atoms with Gasteiger partial charge in [-0.15, -0.1) is 0 Å². The van der Waals surface area contributed by atoms with Crippen molar-refractivity contribution in [3.8, 4) is 6.19 Å². The molecule has 3 atom stereocenters. The molecule has 2 rings (SSSR count). The van der Waals surface area contributed by atoms with Crippen LogP contribution in [0.25, 0.3) is 0 Å². The fourth-order valence-corrected chi connectivity index (χ4v) is 3.70. The van der Waals surface area contributed by atoms with Crippen molar-refractivity contribution in [3.63, 3.8) is 0 Å². The van der Waals surface area contributed by atoms with Gasteiger partial charge in [0.1, 0.15) is 6.61 Å². The Morgan fingerprint density at radius 3 is 2.68 bits per heavy atom. The summed E-state index contributed by atoms with van der Waals surface area (Å²) in [4.78, 5) is 37.0. The Hall–Kier alpha value is -2.45. The Kier molecular flexibility index (Phi) is 7.53. The van der Waals surface area contributed by atoms with Crippen molar-refractivity contribution in [2.45, 2.75) is 36.0 Å². The summed E-state index contributed by atoms with van der Waals surface area (Å²) in [5.74, 6) is -0.385. The van der Waals surface area contributed by atoms with Gasteiger partial charge < -0.3 is 9.64 Å². The van der Waals surface area contributed by atoms with Crippen LogP contribution < -0.4 is 0 Å². The molecule has 0 N–H and O–H groups in total. The van der Waals surface area contributed by atoms with Gasteiger partial charge in [-0.1, -0.05) is 0 Å². The smallest absolute Gasteiger partial charge is 0.410 e. The second-order valence-electron chi connectivity index (χ2n) is 6.41. The van der Waals surface area contributed by atoms with Crippen molar-refractivity contribution in [1.29, 1.82) is 5.26 Å². The molecule has 0 bridgehead atoms. The van der Waals surface area contributed by atoms with Gasteiger partial charge in [-0.3, -0.25) is 19.8 Å². The van der Waals surface area contributed by atoms with E-state index in [0.29, 0.717) is 18.5 Å². The van der Waals surface area contributed by atoms with E-state index in [2.05, 4.69) is 25.3 Å². The van der Waals surface area contributed by atoms with Crippen LogP contribution in [-0.4, -0.2) is 56.9 Å². The number of rotatable bonds is 6. The number of likely N-dealkylation sites (tertiary alicyclic amines) is 1. The van der Waals surface area contributed by atoms with Crippen molar-refractivity contribution in [1.82, 2.24) is 9.80 Å². The fourth-order valence-electron chi connectivity index (χ4n) is 2.87. The summed E-state index contributed by atoms with van der Waals surface area (Å²) in [6, 6.07) is 5.36. The first-order valence-electron chi connectivity index (χ1n) is 8.42. The van der Waals surface area contributed by atoms with Crippen LogP contribution in [0.5, 0.6) is 0 Å². The van der Waals surface area contributed by atoms with Crippen LogP contribution in [-0.2, 0) is 16.1 Å². The highest BCUT2D eigenvalue weighted by atomic mass is 32.1. The van der Waals surface area contributed by atoms with Gasteiger partial charge in [-0.25, -0.2) is 4.79 Å². The summed E-state index contributed by atoms with van der Waals surface area (Å²) < 4.78 is 5.32. The minimum absolute atomic E-state index is 0.00443. The van der Waals surface area contributed by atoms with E-state index in [1.807, 2.05) is 0 Å². The maximum Gasteiger partial charge on any atom is 0.410 e. The number of nitrogens with zero attached hydrogens (tertiary/aromatic N) is 4. The summed E-state index contributed by atoms with van der Waals surface area (Å²) in [7, 11) is 1.37. The number of hydrogen-bond acceptors (Lipinski definition) is 8. The molecule has 0 aliphatic carbocycles. The van der Waals surface area contributed by atoms with E-state index in [0.717, 1.165) is 4.90 Å². The molecule has 1 aliphatic rings. The Labute approximate surface area is 173 Å². The maximum atomic E-state index is 12.5. The third-order valence-corrected chi connectivity index (χ3v) is 5.32. The molecule has 1 unspecified atom stereocenters. The van der Waals surface area contributed by atoms with Gasteiger partial charge in [-0.05, 0) is 24.1 Å². The average Bonchev–Trinajstić information content (AvgIpc) is 3.07. The van der Waals surface area contributed by atoms with Crippen LogP contribution in [0, 0.1) is 21.6 Å². The Balaban J connectivity index is 1.97. The van der Waals surface area contributed by atoms with Crippen LogP contribution in [0.1, 0.15) is 18.4 Å². The van der Waals surface area contributed by atoms with Gasteiger partial charge in [0.25, 0.3) is 5.69 Å². The van der Waals surface area contributed by atoms with Gasteiger partial charge in [0.2, 0.25) is 5.91 Å². The zero-order chi connectivity index (χ0) is 20.8. The predicted octanol–water partition coefficient (Wildman–Crippen LogP) is 2.23. The number of carbonyl (C=O) groups is 2. The molecule has 1 heterocycles. The van der Waals surface area contributed by atoms with Crippen LogP contribution in [0.3, 0.4) is 0 Å². The number of nitro groups is 1. The molecule has 0 radical (unpaired) electrons. The number of nitro benzene ring substituents is 1. The highest BCUT2D eigenvalue weighted by Crippen LogP contribution is 2.29. The van der Waals surface area contributed by atoms with Crippen molar-refractivity contribution in [3.05, 3.63) is 39.9 Å². The van der Waals surface area contributed by atoms with Crippen molar-refractivity contribution in [2.24, 2.45) is 0 Å². The maximum absolute atomic E-state index is 12.5. The summed E-state index contributed by atoms with van der Waals surface area (Å²) in [5, 5.41) is 18.9. The van der Waals surface area contributed by atoms with Gasteiger partial charge in [0, 0.05) is 48.7 Å². The van der Waals surface area contributed by atoms with Crippen LogP contribution >= 0.6 is 25.3 Å². The second-order valence-corrected chi connectivity index (χ2v) is 7.81. The molecule has 150 valence electrons. The summed E-state index contributed by atoms with van der Waals surface area (Å²) in [5.41, 5.74) is 0.572. The predicted molar refractivity (Wildman–Crippen MR) is 107 cm³/mol. The molecule has 0 spiro atoms. The molecule has 1 aromatic rings. The van der Waals surface area contributed by atoms with E-state index in [1.165, 1.54) is 36.2 Å². The molecular weight excluding hydrogens is 404 g/mol. The van der Waals surface area contributed by atoms with Crippen LogP contribution in [0.4, 0.5) is 10.5 Å². The lowest BCUT2D eigenvalue weighted by Crippen LogP contribution is -2.42. The summed E-state index contributed by atoms with van der Waals surface area (Å²) in [6.07, 6.45) is 1.72. The first kappa shape index (κ1) is 21.8. The minimum atomic E-state index is -0.569. The standard InChI is InChI=1S/C17H20N4O5S2/c1-19(10-18)16(22)7-15(28)14-6-13(27)8-20(14)17(23)26-9-11-2-4-12(5-3-11)21(24)25/h2-5,13-15,27-28H,6-9H2,1H3/t13-,14-,15?/m0/s1. The molecule has 1 saturated heterocycles. The summed E-state index contributed by atoms with van der Waals surface area (Å²) in [6.45, 7) is 0.316. The number of amides is 2. The van der Waals surface area contributed by atoms with Gasteiger partial charge in [0.15, 0.2) is 6.19 Å². The number of thiol groups is 2. The number of hydrogen-bond donors (Lipinski definition) is 2. The lowest BCUT2D eigenvalue weighted by Gasteiger charge is -2.28. The third kappa shape index (κ3) is 5.53. The third-order valence-electron chi connectivity index (χ3n) is 4.42. The molecule has 1 aromatic carbocycles. The minimum Gasteiger partial charge on any atom is -0.445 e. The Morgan fingerprint density at radius 1 is 1.46 bits per heavy atom. The molecule has 1 fully saturated rings. The van der Waals surface area contributed by atoms with E-state index in [9.17, 15) is 19.7 Å². The molecule has 9 nitrogen and oxygen atoms in total. The fraction of sp³-hybridized carbons (Fsp3) is 0.471. The second kappa shape index (κ2) is 9.66. The SMILES string of the molecule is CN(C#N)C(=O)CC(S)[C@@H]1C[C@H](S)CN1C(=O)OCc1ccc([N+](=O)[O-])cc1. The number of benzene rings is 1. The zero-order valence-electron chi connectivity index (χ0n) is 15.1. The van der Waals surface area contributed by atoms with E-state index in [4.69, 9.17) is 10.00 Å². The lowest BCUT2D eigenvalue weighted by molar-refractivity contribution is -0.384. The van der Waals surface area contributed by atoms with Gasteiger partial charge in [-0.2, -0.15) is 30.5 Å². The highest BCUT2D eigenvalue weighted by molar-refractivity contribution is 7.81. The summed E-state index contributed by atoms with van der Waals surface area (Å²) >= 11 is 8.88. The van der Waals surface area contributed by atoms with Crippen LogP contribution in [0.15, 0.2) is 24.3 Å². The average molecular weight is 425 g/mol. The number of non-ortho nitro benzene ring substituents is 1. The van der Waals surface area contributed by atoms with E-state index in [-0.39, 0.29) is 35.9 Å². The number of ether oxygens (including phenoxy) is 1. The van der Waals surface area contributed by atoms with E-state index >= 15 is 0 Å². The molecule has 0 aromatic heterocycles. The molecule has 0 saturated carbocycles. The zero-order valence-corrected chi connectivity index (χ0v) is 16.9. The molecule has 11 heteroatoms. The molecule has 1 aliphatic heterocycles. The first-order valence-corrected chi connectivity index (χ1v) is 9.45. The molecular formula is C17H20N4O5S2. The van der Waals surface area contributed by atoms with Gasteiger partial charge in [0.05, 0.1) is 4.92 Å². The quantitative estimate of drug-likeness (QED) is 0.238.